The largest absolute Gasteiger partial charge is 0.460 e. The van der Waals surface area contributed by atoms with E-state index in [2.05, 4.69) is 18.3 Å². The van der Waals surface area contributed by atoms with Gasteiger partial charge in [0.05, 0.1) is 5.41 Å². The van der Waals surface area contributed by atoms with Crippen LogP contribution in [0.1, 0.15) is 38.8 Å². The quantitative estimate of drug-likeness (QED) is 0.831. The maximum atomic E-state index is 11.7. The van der Waals surface area contributed by atoms with Gasteiger partial charge in [0.2, 0.25) is 0 Å². The van der Waals surface area contributed by atoms with Crippen LogP contribution in [0.5, 0.6) is 0 Å². The minimum atomic E-state index is -0.447. The Kier molecular flexibility index (Phi) is 4.76. The molecule has 0 atom stereocenters. The van der Waals surface area contributed by atoms with E-state index in [1.807, 2.05) is 40.0 Å². The number of carbonyl (C=O) groups is 1. The van der Waals surface area contributed by atoms with Crippen molar-refractivity contribution in [3.8, 4) is 0 Å². The molecule has 0 radical (unpaired) electrons. The Balaban J connectivity index is 2.76. The van der Waals surface area contributed by atoms with Gasteiger partial charge in [-0.1, -0.05) is 13.0 Å². The van der Waals surface area contributed by atoms with E-state index in [1.54, 1.807) is 0 Å². The van der Waals surface area contributed by atoms with Crippen LogP contribution < -0.4 is 5.32 Å². The first kappa shape index (κ1) is 14.6. The molecule has 3 heteroatoms. The predicted octanol–water partition coefficient (Wildman–Crippen LogP) is 3.38. The Morgan fingerprint density at radius 2 is 1.94 bits per heavy atom. The van der Waals surface area contributed by atoms with Gasteiger partial charge in [-0.2, -0.15) is 0 Å². The Hall–Kier alpha value is -1.51. The number of nitrogens with one attached hydrogen (secondary N) is 1. The van der Waals surface area contributed by atoms with Gasteiger partial charge < -0.3 is 10.1 Å². The summed E-state index contributed by atoms with van der Waals surface area (Å²) in [6, 6.07) is 6.11. The summed E-state index contributed by atoms with van der Waals surface area (Å²) in [5, 5.41) is 3.11. The Morgan fingerprint density at radius 1 is 1.28 bits per heavy atom. The summed E-state index contributed by atoms with van der Waals surface area (Å²) in [6.45, 7) is 8.04. The Morgan fingerprint density at radius 3 is 2.44 bits per heavy atom. The molecule has 0 aliphatic heterocycles. The summed E-state index contributed by atoms with van der Waals surface area (Å²) in [4.78, 5) is 11.7. The highest BCUT2D eigenvalue weighted by atomic mass is 16.5. The maximum Gasteiger partial charge on any atom is 0.311 e. The van der Waals surface area contributed by atoms with Crippen molar-refractivity contribution in [2.24, 2.45) is 5.41 Å². The van der Waals surface area contributed by atoms with E-state index >= 15 is 0 Å². The fourth-order valence-corrected chi connectivity index (χ4v) is 1.61. The molecule has 1 aromatic carbocycles. The van der Waals surface area contributed by atoms with Crippen LogP contribution in [0.15, 0.2) is 18.2 Å². The first-order chi connectivity index (χ1) is 8.38. The summed E-state index contributed by atoms with van der Waals surface area (Å²) >= 11 is 0. The molecule has 3 nitrogen and oxygen atoms in total. The molecular weight excluding hydrogens is 226 g/mol. The van der Waals surface area contributed by atoms with E-state index in [1.165, 1.54) is 5.56 Å². The Bertz CT molecular complexity index is 419. The summed E-state index contributed by atoms with van der Waals surface area (Å²) < 4.78 is 5.35. The average Bonchev–Trinajstić information content (AvgIpc) is 2.34. The number of rotatable bonds is 4. The van der Waals surface area contributed by atoms with Crippen LogP contribution in [0.2, 0.25) is 0 Å². The highest BCUT2D eigenvalue weighted by Crippen LogP contribution is 2.20. The zero-order valence-electron chi connectivity index (χ0n) is 12.0. The van der Waals surface area contributed by atoms with Crippen LogP contribution in [-0.2, 0) is 22.6 Å². The molecule has 0 saturated heterocycles. The van der Waals surface area contributed by atoms with Crippen LogP contribution in [-0.4, -0.2) is 13.0 Å². The second-order valence-corrected chi connectivity index (χ2v) is 5.41. The fourth-order valence-electron chi connectivity index (χ4n) is 1.61. The van der Waals surface area contributed by atoms with E-state index in [4.69, 9.17) is 4.74 Å². The van der Waals surface area contributed by atoms with Gasteiger partial charge in [-0.15, -0.1) is 0 Å². The topological polar surface area (TPSA) is 38.3 Å². The average molecular weight is 249 g/mol. The minimum absolute atomic E-state index is 0.165. The molecule has 18 heavy (non-hydrogen) atoms. The van der Waals surface area contributed by atoms with Crippen LogP contribution >= 0.6 is 0 Å². The lowest BCUT2D eigenvalue weighted by Crippen LogP contribution is -2.22. The van der Waals surface area contributed by atoms with Crippen LogP contribution in [0, 0.1) is 5.41 Å². The number of benzene rings is 1. The van der Waals surface area contributed by atoms with Crippen molar-refractivity contribution in [1.82, 2.24) is 0 Å². The fraction of sp³-hybridized carbons (Fsp3) is 0.533. The third-order valence-electron chi connectivity index (χ3n) is 2.85. The van der Waals surface area contributed by atoms with Crippen molar-refractivity contribution in [1.29, 1.82) is 0 Å². The minimum Gasteiger partial charge on any atom is -0.460 e. The number of esters is 1. The van der Waals surface area contributed by atoms with Gasteiger partial charge >= 0.3 is 5.97 Å². The van der Waals surface area contributed by atoms with Gasteiger partial charge in [0.15, 0.2) is 0 Å². The zero-order valence-corrected chi connectivity index (χ0v) is 12.0. The second kappa shape index (κ2) is 5.89. The number of aryl methyl sites for hydroxylation is 1. The van der Waals surface area contributed by atoms with E-state index in [9.17, 15) is 4.79 Å². The number of carbonyl (C=O) groups excluding carboxylic acids is 1. The lowest BCUT2D eigenvalue weighted by Gasteiger charge is -2.17. The first-order valence-corrected chi connectivity index (χ1v) is 6.35. The molecule has 0 aliphatic rings. The third-order valence-corrected chi connectivity index (χ3v) is 2.85. The molecule has 0 fully saturated rings. The van der Waals surface area contributed by atoms with Crippen molar-refractivity contribution < 1.29 is 9.53 Å². The van der Waals surface area contributed by atoms with E-state index in [0.29, 0.717) is 6.61 Å². The van der Waals surface area contributed by atoms with Crippen molar-refractivity contribution >= 4 is 11.7 Å². The van der Waals surface area contributed by atoms with Crippen molar-refractivity contribution in [2.45, 2.75) is 40.7 Å². The number of anilines is 1. The molecule has 0 saturated carbocycles. The molecular formula is C15H23NO2. The predicted molar refractivity (Wildman–Crippen MR) is 74.6 cm³/mol. The van der Waals surface area contributed by atoms with Gasteiger partial charge in [-0.25, -0.2) is 0 Å². The molecule has 1 aromatic rings. The standard InChI is InChI=1S/C15H23NO2/c1-6-11-9-13(16-5)8-7-12(11)10-18-14(17)15(2,3)4/h7-9,16H,6,10H2,1-5H3. The van der Waals surface area contributed by atoms with Gasteiger partial charge in [0.25, 0.3) is 0 Å². The van der Waals surface area contributed by atoms with Crippen LogP contribution in [0.4, 0.5) is 5.69 Å². The van der Waals surface area contributed by atoms with Gasteiger partial charge in [-0.05, 0) is 50.5 Å². The molecule has 0 heterocycles. The molecule has 0 aromatic heterocycles. The molecule has 0 aliphatic carbocycles. The van der Waals surface area contributed by atoms with Gasteiger partial charge in [0, 0.05) is 12.7 Å². The number of hydrogen-bond acceptors (Lipinski definition) is 3. The summed E-state index contributed by atoms with van der Waals surface area (Å²) in [5.41, 5.74) is 2.92. The third kappa shape index (κ3) is 3.76. The summed E-state index contributed by atoms with van der Waals surface area (Å²) in [7, 11) is 1.90. The molecule has 0 amide bonds. The van der Waals surface area contributed by atoms with Crippen LogP contribution in [0.3, 0.4) is 0 Å². The van der Waals surface area contributed by atoms with E-state index in [-0.39, 0.29) is 5.97 Å². The van der Waals surface area contributed by atoms with Crippen molar-refractivity contribution in [3.63, 3.8) is 0 Å². The molecule has 1 rings (SSSR count). The van der Waals surface area contributed by atoms with Gasteiger partial charge in [-0.3, -0.25) is 4.79 Å². The molecule has 1 N–H and O–H groups in total. The van der Waals surface area contributed by atoms with Gasteiger partial charge in [0.1, 0.15) is 6.61 Å². The normalized spacial score (nSPS) is 11.2. The first-order valence-electron chi connectivity index (χ1n) is 6.35. The molecule has 0 spiro atoms. The monoisotopic (exact) mass is 249 g/mol. The SMILES string of the molecule is CCc1cc(NC)ccc1COC(=O)C(C)(C)C. The molecule has 0 bridgehead atoms. The van der Waals surface area contributed by atoms with E-state index in [0.717, 1.165) is 17.7 Å². The molecule has 0 unspecified atom stereocenters. The maximum absolute atomic E-state index is 11.7. The smallest absolute Gasteiger partial charge is 0.311 e. The lowest BCUT2D eigenvalue weighted by atomic mass is 9.97. The van der Waals surface area contributed by atoms with E-state index < -0.39 is 5.41 Å². The Labute approximate surface area is 110 Å². The number of hydrogen-bond donors (Lipinski definition) is 1. The zero-order chi connectivity index (χ0) is 13.8. The summed E-state index contributed by atoms with van der Waals surface area (Å²) in [6.07, 6.45) is 0.928. The second-order valence-electron chi connectivity index (χ2n) is 5.41. The van der Waals surface area contributed by atoms with Crippen molar-refractivity contribution in [2.75, 3.05) is 12.4 Å². The summed E-state index contributed by atoms with van der Waals surface area (Å²) in [5.74, 6) is -0.165. The highest BCUT2D eigenvalue weighted by Gasteiger charge is 2.23. The van der Waals surface area contributed by atoms with Crippen molar-refractivity contribution in [3.05, 3.63) is 29.3 Å². The molecule has 100 valence electrons. The lowest BCUT2D eigenvalue weighted by molar-refractivity contribution is -0.154. The number of ether oxygens (including phenoxy) is 1. The van der Waals surface area contributed by atoms with Crippen LogP contribution in [0.25, 0.3) is 0 Å². The highest BCUT2D eigenvalue weighted by molar-refractivity contribution is 5.75.